The third-order valence-electron chi connectivity index (χ3n) is 5.58. The molecule has 0 aliphatic rings. The highest BCUT2D eigenvalue weighted by atomic mass is 19.1. The minimum Gasteiger partial charge on any atom is -0.356 e. The molecular formula is C28H21FN4O2. The molecule has 6 nitrogen and oxygen atoms in total. The molecule has 2 heterocycles. The summed E-state index contributed by atoms with van der Waals surface area (Å²) in [5.41, 5.74) is 2.48. The quantitative estimate of drug-likeness (QED) is 0.344. The van der Waals surface area contributed by atoms with E-state index in [1.165, 1.54) is 16.7 Å². The van der Waals surface area contributed by atoms with E-state index in [2.05, 4.69) is 15.6 Å². The maximum atomic E-state index is 14.3. The van der Waals surface area contributed by atoms with Crippen molar-refractivity contribution in [3.8, 4) is 0 Å². The number of nitrogens with zero attached hydrogens (tertiary/aromatic N) is 2. The van der Waals surface area contributed by atoms with Crippen molar-refractivity contribution in [2.24, 2.45) is 0 Å². The summed E-state index contributed by atoms with van der Waals surface area (Å²) in [6.07, 6.45) is 1.56. The number of rotatable bonds is 6. The summed E-state index contributed by atoms with van der Waals surface area (Å²) in [6.45, 7) is -0.0417. The van der Waals surface area contributed by atoms with Crippen molar-refractivity contribution in [3.05, 3.63) is 131 Å². The van der Waals surface area contributed by atoms with Crippen LogP contribution in [0.4, 0.5) is 21.5 Å². The van der Waals surface area contributed by atoms with Crippen molar-refractivity contribution in [2.75, 3.05) is 10.6 Å². The van der Waals surface area contributed by atoms with Crippen LogP contribution in [0.15, 0.2) is 108 Å². The van der Waals surface area contributed by atoms with Gasteiger partial charge in [-0.25, -0.2) is 9.37 Å². The second-order valence-electron chi connectivity index (χ2n) is 7.98. The molecule has 5 rings (SSSR count). The molecule has 0 fully saturated rings. The number of carbonyl (C=O) groups is 1. The lowest BCUT2D eigenvalue weighted by atomic mass is 10.1. The van der Waals surface area contributed by atoms with Crippen LogP contribution in [0.1, 0.15) is 15.9 Å². The lowest BCUT2D eigenvalue weighted by molar-refractivity contribution is 0.102. The lowest BCUT2D eigenvalue weighted by Crippen LogP contribution is -2.30. The van der Waals surface area contributed by atoms with Gasteiger partial charge in [-0.3, -0.25) is 14.2 Å². The zero-order valence-electron chi connectivity index (χ0n) is 18.6. The predicted molar refractivity (Wildman–Crippen MR) is 136 cm³/mol. The van der Waals surface area contributed by atoms with Gasteiger partial charge in [0.1, 0.15) is 17.0 Å². The van der Waals surface area contributed by atoms with Crippen molar-refractivity contribution in [1.82, 2.24) is 9.55 Å². The molecule has 3 aromatic carbocycles. The Kier molecular flexibility index (Phi) is 6.05. The Bertz CT molecular complexity index is 1560. The summed E-state index contributed by atoms with van der Waals surface area (Å²) >= 11 is 0. The first kappa shape index (κ1) is 22.0. The van der Waals surface area contributed by atoms with E-state index in [-0.39, 0.29) is 12.1 Å². The third-order valence-corrected chi connectivity index (χ3v) is 5.58. The van der Waals surface area contributed by atoms with Gasteiger partial charge in [-0.1, -0.05) is 36.4 Å². The summed E-state index contributed by atoms with van der Waals surface area (Å²) in [4.78, 5) is 30.7. The molecule has 0 aliphatic carbocycles. The standard InChI is InChI=1S/C28H21FN4O2/c29-25-11-5-4-7-20(25)18-33-26-19(8-6-16-30-26)17-24(28(33)35)27(34)32-23-14-12-22(13-15-23)31-21-9-2-1-3-10-21/h1-17,31H,18H2,(H,32,34). The monoisotopic (exact) mass is 464 g/mol. The predicted octanol–water partition coefficient (Wildman–Crippen LogP) is 5.58. The number of pyridine rings is 2. The highest BCUT2D eigenvalue weighted by Crippen LogP contribution is 2.20. The van der Waals surface area contributed by atoms with E-state index in [0.29, 0.717) is 22.3 Å². The molecule has 0 unspecified atom stereocenters. The molecule has 0 bridgehead atoms. The topological polar surface area (TPSA) is 76.0 Å². The molecule has 2 N–H and O–H groups in total. The molecular weight excluding hydrogens is 443 g/mol. The number of halogens is 1. The summed E-state index contributed by atoms with van der Waals surface area (Å²) in [5.74, 6) is -0.977. The Hall–Kier alpha value is -4.78. The number of nitrogens with one attached hydrogen (secondary N) is 2. The molecule has 35 heavy (non-hydrogen) atoms. The molecule has 0 radical (unpaired) electrons. The average Bonchev–Trinajstić information content (AvgIpc) is 2.88. The number of amides is 1. The van der Waals surface area contributed by atoms with E-state index in [1.807, 2.05) is 42.5 Å². The Balaban J connectivity index is 1.43. The summed E-state index contributed by atoms with van der Waals surface area (Å²) < 4.78 is 15.6. The van der Waals surface area contributed by atoms with Gasteiger partial charge in [0.05, 0.1) is 6.54 Å². The zero-order valence-corrected chi connectivity index (χ0v) is 18.6. The number of para-hydroxylation sites is 1. The number of fused-ring (bicyclic) bond motifs is 1. The third kappa shape index (κ3) is 4.79. The van der Waals surface area contributed by atoms with Crippen LogP contribution in [0.2, 0.25) is 0 Å². The van der Waals surface area contributed by atoms with Gasteiger partial charge in [-0.05, 0) is 60.7 Å². The van der Waals surface area contributed by atoms with Gasteiger partial charge in [0, 0.05) is 34.2 Å². The Morgan fingerprint density at radius 2 is 1.51 bits per heavy atom. The maximum absolute atomic E-state index is 14.3. The number of carbonyl (C=O) groups excluding carboxylic acids is 1. The van der Waals surface area contributed by atoms with Crippen molar-refractivity contribution in [2.45, 2.75) is 6.54 Å². The molecule has 0 aliphatic heterocycles. The highest BCUT2D eigenvalue weighted by molar-refractivity contribution is 6.05. The van der Waals surface area contributed by atoms with E-state index in [4.69, 9.17) is 0 Å². The molecule has 0 saturated carbocycles. The van der Waals surface area contributed by atoms with Gasteiger partial charge in [-0.2, -0.15) is 0 Å². The second kappa shape index (κ2) is 9.61. The van der Waals surface area contributed by atoms with Gasteiger partial charge >= 0.3 is 0 Å². The largest absolute Gasteiger partial charge is 0.356 e. The first-order valence-corrected chi connectivity index (χ1v) is 11.0. The van der Waals surface area contributed by atoms with E-state index in [9.17, 15) is 14.0 Å². The molecule has 1 amide bonds. The van der Waals surface area contributed by atoms with Crippen LogP contribution in [-0.2, 0) is 6.54 Å². The van der Waals surface area contributed by atoms with Crippen molar-refractivity contribution in [3.63, 3.8) is 0 Å². The molecule has 0 atom stereocenters. The van der Waals surface area contributed by atoms with Crippen LogP contribution in [0.3, 0.4) is 0 Å². The summed E-state index contributed by atoms with van der Waals surface area (Å²) in [7, 11) is 0. The van der Waals surface area contributed by atoms with Gasteiger partial charge in [0.2, 0.25) is 0 Å². The number of benzene rings is 3. The van der Waals surface area contributed by atoms with Gasteiger partial charge in [0.15, 0.2) is 0 Å². The smallest absolute Gasteiger partial charge is 0.265 e. The zero-order chi connectivity index (χ0) is 24.2. The normalized spacial score (nSPS) is 10.8. The van der Waals surface area contributed by atoms with Crippen LogP contribution >= 0.6 is 0 Å². The first-order valence-electron chi connectivity index (χ1n) is 11.0. The molecule has 2 aromatic heterocycles. The first-order chi connectivity index (χ1) is 17.1. The van der Waals surface area contributed by atoms with Crippen LogP contribution in [0, 0.1) is 5.82 Å². The van der Waals surface area contributed by atoms with Crippen LogP contribution in [-0.4, -0.2) is 15.5 Å². The minimum absolute atomic E-state index is 0.0417. The van der Waals surface area contributed by atoms with Crippen molar-refractivity contribution in [1.29, 1.82) is 0 Å². The molecule has 172 valence electrons. The SMILES string of the molecule is O=C(Nc1ccc(Nc2ccccc2)cc1)c1cc2cccnc2n(Cc2ccccc2F)c1=O. The van der Waals surface area contributed by atoms with Crippen LogP contribution in [0.5, 0.6) is 0 Å². The van der Waals surface area contributed by atoms with Gasteiger partial charge < -0.3 is 10.6 Å². The van der Waals surface area contributed by atoms with Crippen LogP contribution in [0.25, 0.3) is 11.0 Å². The van der Waals surface area contributed by atoms with E-state index >= 15 is 0 Å². The number of anilines is 3. The number of hydrogen-bond acceptors (Lipinski definition) is 4. The fraction of sp³-hybridized carbons (Fsp3) is 0.0357. The fourth-order valence-electron chi connectivity index (χ4n) is 3.84. The van der Waals surface area contributed by atoms with Crippen molar-refractivity contribution >= 4 is 34.0 Å². The Morgan fingerprint density at radius 1 is 0.829 bits per heavy atom. The maximum Gasteiger partial charge on any atom is 0.265 e. The molecule has 0 saturated heterocycles. The van der Waals surface area contributed by atoms with Gasteiger partial charge in [-0.15, -0.1) is 0 Å². The highest BCUT2D eigenvalue weighted by Gasteiger charge is 2.17. The minimum atomic E-state index is -0.549. The summed E-state index contributed by atoms with van der Waals surface area (Å²) in [5, 5.41) is 6.67. The number of aromatic nitrogens is 2. The lowest BCUT2D eigenvalue weighted by Gasteiger charge is -2.13. The van der Waals surface area contributed by atoms with Crippen molar-refractivity contribution < 1.29 is 9.18 Å². The summed E-state index contributed by atoms with van der Waals surface area (Å²) in [6, 6.07) is 28.1. The Morgan fingerprint density at radius 3 is 2.29 bits per heavy atom. The molecule has 7 heteroatoms. The number of hydrogen-bond donors (Lipinski definition) is 2. The molecule has 0 spiro atoms. The van der Waals surface area contributed by atoms with Gasteiger partial charge in [0.25, 0.3) is 11.5 Å². The molecule has 5 aromatic rings. The van der Waals surface area contributed by atoms with Crippen LogP contribution < -0.4 is 16.2 Å². The average molecular weight is 465 g/mol. The van der Waals surface area contributed by atoms with E-state index in [0.717, 1.165) is 11.4 Å². The second-order valence-corrected chi connectivity index (χ2v) is 7.98. The Labute approximate surface area is 200 Å². The fourth-order valence-corrected chi connectivity index (χ4v) is 3.84. The van der Waals surface area contributed by atoms with E-state index in [1.54, 1.807) is 48.7 Å². The van der Waals surface area contributed by atoms with E-state index < -0.39 is 17.3 Å².